The number of allylic oxidation sites excluding steroid dienone is 5. The van der Waals surface area contributed by atoms with Crippen LogP contribution < -0.4 is 5.73 Å². The van der Waals surface area contributed by atoms with Crippen LogP contribution in [0.25, 0.3) is 0 Å². The maximum Gasteiger partial charge on any atom is 0.119 e. The molecule has 2 N–H and O–H groups in total. The second-order valence-electron chi connectivity index (χ2n) is 3.13. The summed E-state index contributed by atoms with van der Waals surface area (Å²) in [5.74, 6) is 0.700. The molecule has 0 radical (unpaired) electrons. The zero-order valence-electron chi connectivity index (χ0n) is 9.33. The van der Waals surface area contributed by atoms with Gasteiger partial charge in [0.2, 0.25) is 0 Å². The van der Waals surface area contributed by atoms with Gasteiger partial charge in [0.25, 0.3) is 0 Å². The molecule has 0 fully saturated rings. The van der Waals surface area contributed by atoms with Gasteiger partial charge in [-0.15, -0.1) is 0 Å². The third-order valence-electron chi connectivity index (χ3n) is 1.77. The first-order valence-electron chi connectivity index (χ1n) is 4.77. The summed E-state index contributed by atoms with van der Waals surface area (Å²) in [6.07, 6.45) is 7.18. The maximum absolute atomic E-state index is 5.42. The van der Waals surface area contributed by atoms with Crippen LogP contribution in [0.2, 0.25) is 0 Å². The van der Waals surface area contributed by atoms with E-state index in [1.54, 1.807) is 12.2 Å². The highest BCUT2D eigenvalue weighted by atomic mass is 16.5. The Labute approximate surface area is 92.1 Å². The summed E-state index contributed by atoms with van der Waals surface area (Å²) < 4.78 is 5.42. The first-order valence-corrected chi connectivity index (χ1v) is 4.77. The lowest BCUT2D eigenvalue weighted by molar-refractivity contribution is 0.252. The summed E-state index contributed by atoms with van der Waals surface area (Å²) in [4.78, 5) is 0. The van der Waals surface area contributed by atoms with Gasteiger partial charge in [-0.2, -0.15) is 0 Å². The van der Waals surface area contributed by atoms with Gasteiger partial charge in [0.05, 0.1) is 0 Å². The van der Waals surface area contributed by atoms with E-state index in [4.69, 9.17) is 10.5 Å². The average Bonchev–Trinajstić information content (AvgIpc) is 2.28. The molecule has 0 saturated carbocycles. The number of hydrogen-bond acceptors (Lipinski definition) is 2. The van der Waals surface area contributed by atoms with Gasteiger partial charge >= 0.3 is 0 Å². The molecule has 0 aliphatic carbocycles. The lowest BCUT2D eigenvalue weighted by Crippen LogP contribution is -2.07. The zero-order valence-corrected chi connectivity index (χ0v) is 9.33. The number of rotatable bonds is 7. The molecule has 0 amide bonds. The quantitative estimate of drug-likeness (QED) is 0.394. The molecular formula is C13H19NO. The van der Waals surface area contributed by atoms with Crippen LogP contribution in [-0.2, 0) is 4.74 Å². The summed E-state index contributed by atoms with van der Waals surface area (Å²) in [5.41, 5.74) is 7.31. The van der Waals surface area contributed by atoms with Gasteiger partial charge in [-0.1, -0.05) is 37.5 Å². The van der Waals surface area contributed by atoms with Crippen molar-refractivity contribution in [1.82, 2.24) is 0 Å². The molecule has 0 aromatic carbocycles. The van der Waals surface area contributed by atoms with Gasteiger partial charge in [-0.3, -0.25) is 0 Å². The van der Waals surface area contributed by atoms with Crippen LogP contribution in [0.5, 0.6) is 0 Å². The van der Waals surface area contributed by atoms with Crippen molar-refractivity contribution in [2.45, 2.75) is 6.92 Å². The van der Waals surface area contributed by atoms with E-state index >= 15 is 0 Å². The Balaban J connectivity index is 4.30. The smallest absolute Gasteiger partial charge is 0.119 e. The highest BCUT2D eigenvalue weighted by molar-refractivity contribution is 5.24. The van der Waals surface area contributed by atoms with Crippen LogP contribution in [0, 0.1) is 0 Å². The van der Waals surface area contributed by atoms with E-state index in [-0.39, 0.29) is 0 Å². The molecule has 0 unspecified atom stereocenters. The summed E-state index contributed by atoms with van der Waals surface area (Å²) in [5, 5.41) is 0. The summed E-state index contributed by atoms with van der Waals surface area (Å²) >= 11 is 0. The van der Waals surface area contributed by atoms with Gasteiger partial charge in [0, 0.05) is 6.54 Å². The minimum absolute atomic E-state index is 0.426. The molecule has 0 spiro atoms. The molecule has 0 saturated heterocycles. The SMILES string of the molecule is C=C/C(C)=C\C=C(/C=C)OCC(=C)CN. The Morgan fingerprint density at radius 3 is 2.40 bits per heavy atom. The zero-order chi connectivity index (χ0) is 11.7. The van der Waals surface area contributed by atoms with Crippen molar-refractivity contribution in [3.63, 3.8) is 0 Å². The highest BCUT2D eigenvalue weighted by Gasteiger charge is 1.93. The van der Waals surface area contributed by atoms with Crippen LogP contribution >= 0.6 is 0 Å². The molecule has 0 aromatic heterocycles. The van der Waals surface area contributed by atoms with Gasteiger partial charge in [-0.25, -0.2) is 0 Å². The van der Waals surface area contributed by atoms with Crippen molar-refractivity contribution in [2.75, 3.05) is 13.2 Å². The van der Waals surface area contributed by atoms with Crippen LogP contribution in [0.3, 0.4) is 0 Å². The predicted octanol–water partition coefficient (Wildman–Crippen LogP) is 2.72. The fraction of sp³-hybridized carbons (Fsp3) is 0.231. The second kappa shape index (κ2) is 7.83. The molecule has 0 rings (SSSR count). The molecule has 2 nitrogen and oxygen atoms in total. The van der Waals surface area contributed by atoms with Crippen molar-refractivity contribution >= 4 is 0 Å². The van der Waals surface area contributed by atoms with Crippen molar-refractivity contribution < 1.29 is 4.74 Å². The van der Waals surface area contributed by atoms with E-state index in [1.165, 1.54) is 0 Å². The molecule has 0 aromatic rings. The molecule has 0 aliphatic heterocycles. The van der Waals surface area contributed by atoms with E-state index in [0.29, 0.717) is 18.9 Å². The summed E-state index contributed by atoms with van der Waals surface area (Å²) in [6.45, 7) is 13.9. The Bertz CT molecular complexity index is 298. The molecule has 82 valence electrons. The Morgan fingerprint density at radius 2 is 1.93 bits per heavy atom. The van der Waals surface area contributed by atoms with Crippen molar-refractivity contribution in [3.8, 4) is 0 Å². The average molecular weight is 205 g/mol. The topological polar surface area (TPSA) is 35.2 Å². The summed E-state index contributed by atoms with van der Waals surface area (Å²) in [7, 11) is 0. The third-order valence-corrected chi connectivity index (χ3v) is 1.77. The van der Waals surface area contributed by atoms with Gasteiger partial charge < -0.3 is 10.5 Å². The van der Waals surface area contributed by atoms with Crippen LogP contribution in [-0.4, -0.2) is 13.2 Å². The van der Waals surface area contributed by atoms with E-state index in [9.17, 15) is 0 Å². The highest BCUT2D eigenvalue weighted by Crippen LogP contribution is 2.03. The Kier molecular flexibility index (Phi) is 7.02. The van der Waals surface area contributed by atoms with E-state index in [2.05, 4.69) is 19.7 Å². The minimum atomic E-state index is 0.426. The van der Waals surface area contributed by atoms with Crippen LogP contribution in [0.4, 0.5) is 0 Å². The second-order valence-corrected chi connectivity index (χ2v) is 3.13. The maximum atomic E-state index is 5.42. The van der Waals surface area contributed by atoms with Gasteiger partial charge in [0.1, 0.15) is 12.4 Å². The molecule has 0 aliphatic rings. The van der Waals surface area contributed by atoms with Crippen LogP contribution in [0.15, 0.2) is 60.9 Å². The van der Waals surface area contributed by atoms with Crippen molar-refractivity contribution in [2.24, 2.45) is 5.73 Å². The lowest BCUT2D eigenvalue weighted by atomic mass is 10.2. The minimum Gasteiger partial charge on any atom is -0.489 e. The molecule has 2 heteroatoms. The Hall–Kier alpha value is -1.54. The fourth-order valence-corrected chi connectivity index (χ4v) is 0.701. The largest absolute Gasteiger partial charge is 0.489 e. The predicted molar refractivity (Wildman–Crippen MR) is 66.4 cm³/mol. The molecule has 0 bridgehead atoms. The molecule has 0 atom stereocenters. The van der Waals surface area contributed by atoms with Gasteiger partial charge in [-0.05, 0) is 24.6 Å². The van der Waals surface area contributed by atoms with Crippen molar-refractivity contribution in [1.29, 1.82) is 0 Å². The number of nitrogens with two attached hydrogens (primary N) is 1. The molecule has 0 heterocycles. The normalized spacial score (nSPS) is 12.1. The first-order chi connectivity index (χ1) is 7.13. The number of ether oxygens (including phenoxy) is 1. The van der Waals surface area contributed by atoms with Gasteiger partial charge in [0.15, 0.2) is 0 Å². The lowest BCUT2D eigenvalue weighted by Gasteiger charge is -2.06. The summed E-state index contributed by atoms with van der Waals surface area (Å²) in [6, 6.07) is 0. The van der Waals surface area contributed by atoms with E-state index in [1.807, 2.05) is 19.1 Å². The molecule has 15 heavy (non-hydrogen) atoms. The molecular weight excluding hydrogens is 186 g/mol. The fourth-order valence-electron chi connectivity index (χ4n) is 0.701. The van der Waals surface area contributed by atoms with Crippen LogP contribution in [0.1, 0.15) is 6.92 Å². The van der Waals surface area contributed by atoms with E-state index in [0.717, 1.165) is 11.1 Å². The van der Waals surface area contributed by atoms with Crippen molar-refractivity contribution in [3.05, 3.63) is 60.9 Å². The van der Waals surface area contributed by atoms with E-state index < -0.39 is 0 Å². The monoisotopic (exact) mass is 205 g/mol. The standard InChI is InChI=1S/C13H19NO/c1-5-11(3)7-8-13(6-2)15-10-12(4)9-14/h5-8H,1-2,4,9-10,14H2,3H3/b11-7-,13-8+. The Morgan fingerprint density at radius 1 is 1.27 bits per heavy atom. The first kappa shape index (κ1) is 13.5. The third kappa shape index (κ3) is 6.52. The number of hydrogen-bond donors (Lipinski definition) is 1.